The van der Waals surface area contributed by atoms with E-state index in [0.717, 1.165) is 27.9 Å². The van der Waals surface area contributed by atoms with Crippen molar-refractivity contribution in [1.82, 2.24) is 4.98 Å². The molecule has 1 aromatic heterocycles. The van der Waals surface area contributed by atoms with Crippen LogP contribution in [-0.2, 0) is 33.3 Å². The number of carbonyl (C=O) groups excluding carboxylic acids is 2. The van der Waals surface area contributed by atoms with Crippen LogP contribution in [0.4, 0.5) is 5.82 Å². The number of amides is 1. The molecule has 0 spiro atoms. The quantitative estimate of drug-likeness (QED) is 0.194. The first-order chi connectivity index (χ1) is 19.9. The maximum atomic E-state index is 13.4. The van der Waals surface area contributed by atoms with Crippen molar-refractivity contribution in [3.8, 4) is 22.6 Å². The zero-order valence-electron chi connectivity index (χ0n) is 26.0. The predicted molar refractivity (Wildman–Crippen MR) is 167 cm³/mol. The summed E-state index contributed by atoms with van der Waals surface area (Å²) in [6.45, 7) is 12.0. The van der Waals surface area contributed by atoms with E-state index in [0.29, 0.717) is 55.3 Å². The highest BCUT2D eigenvalue weighted by Crippen LogP contribution is 2.39. The number of pyridine rings is 1. The summed E-state index contributed by atoms with van der Waals surface area (Å²) < 4.78 is 22.4. The fourth-order valence-corrected chi connectivity index (χ4v) is 5.87. The molecular formula is C33H42N2O6Si. The first-order valence-corrected chi connectivity index (χ1v) is 17.2. The first-order valence-electron chi connectivity index (χ1n) is 14.2. The average molecular weight is 591 g/mol. The second-order valence-corrected chi connectivity index (χ2v) is 16.9. The third-order valence-corrected chi connectivity index (χ3v) is 12.9. The molecule has 3 aromatic rings. The highest BCUT2D eigenvalue weighted by molar-refractivity contribution is 6.74. The number of hydrogen-bond acceptors (Lipinski definition) is 7. The van der Waals surface area contributed by atoms with Crippen LogP contribution in [0.3, 0.4) is 0 Å². The van der Waals surface area contributed by atoms with Crippen LogP contribution in [0.1, 0.15) is 54.4 Å². The van der Waals surface area contributed by atoms with Gasteiger partial charge in [-0.15, -0.1) is 0 Å². The number of aromatic nitrogens is 1. The monoisotopic (exact) mass is 590 g/mol. The van der Waals surface area contributed by atoms with Crippen LogP contribution >= 0.6 is 0 Å². The molecule has 4 rings (SSSR count). The number of hydrogen-bond donors (Lipinski definition) is 0. The summed E-state index contributed by atoms with van der Waals surface area (Å²) in [4.78, 5) is 32.6. The molecule has 0 fully saturated rings. The molecule has 9 heteroatoms. The Balaban J connectivity index is 1.79. The Labute approximate surface area is 250 Å². The van der Waals surface area contributed by atoms with Gasteiger partial charge < -0.3 is 18.6 Å². The zero-order chi connectivity index (χ0) is 30.7. The van der Waals surface area contributed by atoms with Crippen LogP contribution in [0.5, 0.6) is 11.5 Å². The fraction of sp³-hybridized carbons (Fsp3) is 0.424. The van der Waals surface area contributed by atoms with Crippen LogP contribution in [0, 0.1) is 0 Å². The Morgan fingerprint density at radius 2 is 1.76 bits per heavy atom. The number of fused-ring (bicyclic) bond motifs is 1. The minimum atomic E-state index is -1.95. The maximum Gasteiger partial charge on any atom is 0.337 e. The van der Waals surface area contributed by atoms with E-state index in [1.807, 2.05) is 36.4 Å². The molecule has 8 nitrogen and oxygen atoms in total. The molecule has 0 atom stereocenters. The van der Waals surface area contributed by atoms with E-state index in [-0.39, 0.29) is 10.9 Å². The molecular weight excluding hydrogens is 548 g/mol. The number of nitrogens with zero attached hydrogens (tertiary/aromatic N) is 2. The molecule has 0 saturated carbocycles. The summed E-state index contributed by atoms with van der Waals surface area (Å²) >= 11 is 0. The first kappa shape index (κ1) is 31.2. The van der Waals surface area contributed by atoms with Crippen molar-refractivity contribution in [1.29, 1.82) is 0 Å². The molecule has 224 valence electrons. The van der Waals surface area contributed by atoms with Gasteiger partial charge in [-0.25, -0.2) is 9.78 Å². The molecule has 2 heterocycles. The summed E-state index contributed by atoms with van der Waals surface area (Å²) in [5.74, 6) is 1.55. The summed E-state index contributed by atoms with van der Waals surface area (Å²) in [6.07, 6.45) is 1.50. The average Bonchev–Trinajstić information content (AvgIpc) is 2.97. The van der Waals surface area contributed by atoms with Gasteiger partial charge in [0, 0.05) is 42.3 Å². The summed E-state index contributed by atoms with van der Waals surface area (Å²) in [5.41, 5.74) is 4.94. The Kier molecular flexibility index (Phi) is 9.42. The van der Waals surface area contributed by atoms with Gasteiger partial charge in [0.25, 0.3) is 0 Å². The second kappa shape index (κ2) is 12.7. The lowest BCUT2D eigenvalue weighted by molar-refractivity contribution is -0.119. The molecule has 0 saturated heterocycles. The Morgan fingerprint density at radius 1 is 1.00 bits per heavy atom. The molecule has 1 amide bonds. The smallest absolute Gasteiger partial charge is 0.337 e. The highest BCUT2D eigenvalue weighted by Gasteiger charge is 2.37. The van der Waals surface area contributed by atoms with E-state index in [2.05, 4.69) is 39.9 Å². The molecule has 0 aliphatic carbocycles. The van der Waals surface area contributed by atoms with Crippen LogP contribution in [0.2, 0.25) is 18.1 Å². The van der Waals surface area contributed by atoms with E-state index in [1.165, 1.54) is 7.11 Å². The SMILES string of the molecule is COC(=O)c1cccc(-c2cc(CCO[Si](C)(C)C(C)(C)C)nc3c2CCC(=O)N3Cc2ccc(OC)cc2OC)c1. The van der Waals surface area contributed by atoms with Crippen molar-refractivity contribution in [3.63, 3.8) is 0 Å². The summed E-state index contributed by atoms with van der Waals surface area (Å²) in [6, 6.07) is 15.1. The number of rotatable bonds is 10. The number of ether oxygens (including phenoxy) is 3. The van der Waals surface area contributed by atoms with E-state index in [4.69, 9.17) is 23.6 Å². The predicted octanol–water partition coefficient (Wildman–Crippen LogP) is 6.60. The van der Waals surface area contributed by atoms with Gasteiger partial charge >= 0.3 is 5.97 Å². The van der Waals surface area contributed by atoms with Gasteiger partial charge in [-0.3, -0.25) is 9.69 Å². The van der Waals surface area contributed by atoms with Gasteiger partial charge in [0.15, 0.2) is 8.32 Å². The molecule has 0 radical (unpaired) electrons. The Morgan fingerprint density at radius 3 is 2.43 bits per heavy atom. The third kappa shape index (κ3) is 6.68. The van der Waals surface area contributed by atoms with E-state index >= 15 is 0 Å². The Hall–Kier alpha value is -3.69. The standard InChI is InChI=1S/C33H42N2O6Si/c1-33(2,3)42(7,8)41-17-16-25-19-28(22-10-9-11-23(18-22)32(37)40-6)27-14-15-30(36)35(31(27)34-25)21-24-12-13-26(38-4)20-29(24)39-5/h9-13,18-20H,14-17,21H2,1-8H3. The van der Waals surface area contributed by atoms with Crippen molar-refractivity contribution in [3.05, 3.63) is 70.9 Å². The van der Waals surface area contributed by atoms with Crippen LogP contribution in [-0.4, -0.2) is 53.1 Å². The molecule has 0 N–H and O–H groups in total. The largest absolute Gasteiger partial charge is 0.497 e. The second-order valence-electron chi connectivity index (χ2n) is 12.1. The van der Waals surface area contributed by atoms with Crippen molar-refractivity contribution >= 4 is 26.0 Å². The lowest BCUT2D eigenvalue weighted by Crippen LogP contribution is -2.41. The molecule has 1 aliphatic heterocycles. The van der Waals surface area contributed by atoms with Crippen molar-refractivity contribution in [2.45, 2.75) is 64.7 Å². The molecule has 0 bridgehead atoms. The van der Waals surface area contributed by atoms with E-state index in [1.54, 1.807) is 25.2 Å². The number of carbonyl (C=O) groups is 2. The maximum absolute atomic E-state index is 13.4. The van der Waals surface area contributed by atoms with Gasteiger partial charge in [-0.1, -0.05) is 32.9 Å². The molecule has 2 aromatic carbocycles. The lowest BCUT2D eigenvalue weighted by Gasteiger charge is -2.36. The third-order valence-electron chi connectivity index (χ3n) is 8.35. The fourth-order valence-electron chi connectivity index (χ4n) is 4.83. The van der Waals surface area contributed by atoms with Gasteiger partial charge in [-0.2, -0.15) is 0 Å². The van der Waals surface area contributed by atoms with E-state index in [9.17, 15) is 9.59 Å². The topological polar surface area (TPSA) is 87.2 Å². The number of methoxy groups -OCH3 is 3. The van der Waals surface area contributed by atoms with Crippen LogP contribution in [0.15, 0.2) is 48.5 Å². The molecule has 1 aliphatic rings. The molecule has 42 heavy (non-hydrogen) atoms. The van der Waals surface area contributed by atoms with Crippen molar-refractivity contribution < 1.29 is 28.2 Å². The summed E-state index contributed by atoms with van der Waals surface area (Å²) in [7, 11) is 2.64. The van der Waals surface area contributed by atoms with Crippen LogP contribution in [0.25, 0.3) is 11.1 Å². The number of esters is 1. The lowest BCUT2D eigenvalue weighted by atomic mass is 9.92. The van der Waals surface area contributed by atoms with E-state index < -0.39 is 14.3 Å². The van der Waals surface area contributed by atoms with Gasteiger partial charge in [0.1, 0.15) is 17.3 Å². The van der Waals surface area contributed by atoms with Gasteiger partial charge in [0.2, 0.25) is 5.91 Å². The minimum absolute atomic E-state index is 0.00296. The van der Waals surface area contributed by atoms with Crippen LogP contribution < -0.4 is 14.4 Å². The zero-order valence-corrected chi connectivity index (χ0v) is 27.0. The Bertz CT molecular complexity index is 1460. The molecule has 0 unspecified atom stereocenters. The highest BCUT2D eigenvalue weighted by atomic mass is 28.4. The number of anilines is 1. The normalized spacial score (nSPS) is 13.5. The minimum Gasteiger partial charge on any atom is -0.497 e. The summed E-state index contributed by atoms with van der Waals surface area (Å²) in [5, 5.41) is 0.0937. The van der Waals surface area contributed by atoms with Gasteiger partial charge in [-0.05, 0) is 66.0 Å². The van der Waals surface area contributed by atoms with Crippen molar-refractivity contribution in [2.75, 3.05) is 32.8 Å². The van der Waals surface area contributed by atoms with Gasteiger partial charge in [0.05, 0.1) is 33.4 Å². The van der Waals surface area contributed by atoms with Crippen molar-refractivity contribution in [2.24, 2.45) is 0 Å². The number of benzene rings is 2.